The molecule has 1 aliphatic rings. The van der Waals surface area contributed by atoms with Gasteiger partial charge in [-0.2, -0.15) is 11.8 Å². The Kier molecular flexibility index (Phi) is 9.53. The summed E-state index contributed by atoms with van der Waals surface area (Å²) in [5.41, 5.74) is 5.57. The lowest BCUT2D eigenvalue weighted by molar-refractivity contribution is -0.148. The Morgan fingerprint density at radius 2 is 1.96 bits per heavy atom. The number of carbonyl (C=O) groups excluding carboxylic acids is 3. The van der Waals surface area contributed by atoms with E-state index in [9.17, 15) is 24.3 Å². The lowest BCUT2D eigenvalue weighted by atomic mass is 10.1. The van der Waals surface area contributed by atoms with Gasteiger partial charge in [0.25, 0.3) is 0 Å². The molecule has 0 aromatic heterocycles. The number of amides is 3. The fraction of sp³-hybridized carbons (Fsp3) is 0.750. The van der Waals surface area contributed by atoms with Gasteiger partial charge in [0.1, 0.15) is 18.1 Å². The van der Waals surface area contributed by atoms with Crippen LogP contribution < -0.4 is 16.4 Å². The molecule has 6 N–H and O–H groups in total. The molecule has 1 aliphatic heterocycles. The molecule has 1 heterocycles. The third kappa shape index (κ3) is 7.00. The first-order valence-corrected chi connectivity index (χ1v) is 10.1. The van der Waals surface area contributed by atoms with Gasteiger partial charge in [-0.25, -0.2) is 4.79 Å². The molecule has 1 saturated heterocycles. The number of nitrogens with zero attached hydrogens (tertiary/aromatic N) is 1. The number of aliphatic hydroxyl groups is 1. The normalized spacial score (nSPS) is 19.9. The Balaban J connectivity index is 2.63. The Hall–Kier alpha value is -1.85. The number of aliphatic carboxylic acids is 1. The highest BCUT2D eigenvalue weighted by Gasteiger charge is 2.34. The predicted molar refractivity (Wildman–Crippen MR) is 100.0 cm³/mol. The number of likely N-dealkylation sites (tertiary alicyclic amines) is 1. The van der Waals surface area contributed by atoms with Gasteiger partial charge < -0.3 is 31.5 Å². The summed E-state index contributed by atoms with van der Waals surface area (Å²) in [6.45, 7) is 1.35. The largest absolute Gasteiger partial charge is 0.480 e. The fourth-order valence-electron chi connectivity index (χ4n) is 2.70. The number of hydrogen-bond acceptors (Lipinski definition) is 7. The van der Waals surface area contributed by atoms with E-state index >= 15 is 0 Å². The van der Waals surface area contributed by atoms with Crippen LogP contribution in [0.4, 0.5) is 0 Å². The number of carboxylic acid groups (broad SMARTS) is 1. The van der Waals surface area contributed by atoms with Crippen LogP contribution in [0.3, 0.4) is 0 Å². The third-order valence-corrected chi connectivity index (χ3v) is 4.98. The van der Waals surface area contributed by atoms with Crippen molar-refractivity contribution in [1.82, 2.24) is 15.5 Å². The highest BCUT2D eigenvalue weighted by molar-refractivity contribution is 7.98. The molecule has 0 aromatic carbocycles. The van der Waals surface area contributed by atoms with Crippen molar-refractivity contribution in [3.63, 3.8) is 0 Å². The van der Waals surface area contributed by atoms with Gasteiger partial charge in [0.05, 0.1) is 12.6 Å². The number of rotatable bonds is 10. The Labute approximate surface area is 162 Å². The zero-order valence-electron chi connectivity index (χ0n) is 15.5. The predicted octanol–water partition coefficient (Wildman–Crippen LogP) is -1.88. The van der Waals surface area contributed by atoms with Crippen molar-refractivity contribution >= 4 is 35.5 Å². The van der Waals surface area contributed by atoms with Crippen LogP contribution in [0, 0.1) is 0 Å². The number of nitrogens with one attached hydrogen (secondary N) is 2. The van der Waals surface area contributed by atoms with E-state index in [1.165, 1.54) is 23.6 Å². The summed E-state index contributed by atoms with van der Waals surface area (Å²) in [7, 11) is 0. The van der Waals surface area contributed by atoms with Crippen LogP contribution in [0.5, 0.6) is 0 Å². The maximum Gasteiger partial charge on any atom is 0.326 e. The van der Waals surface area contributed by atoms with Gasteiger partial charge in [-0.3, -0.25) is 14.4 Å². The van der Waals surface area contributed by atoms with Crippen LogP contribution in [0.1, 0.15) is 26.2 Å². The number of carboxylic acids is 1. The molecular formula is C16H28N4O6S. The van der Waals surface area contributed by atoms with Crippen LogP contribution in [-0.2, 0) is 19.2 Å². The minimum absolute atomic E-state index is 0.320. The van der Waals surface area contributed by atoms with Gasteiger partial charge in [-0.05, 0) is 38.2 Å². The molecule has 4 unspecified atom stereocenters. The quantitative estimate of drug-likeness (QED) is 0.283. The van der Waals surface area contributed by atoms with Crippen LogP contribution in [0.2, 0.25) is 0 Å². The SMILES string of the molecule is CSCCC(NC(=O)C(N)C(C)O)C(=O)NCC(=O)N1CCCC1C(=O)O. The molecule has 0 aromatic rings. The molecule has 0 radical (unpaired) electrons. The fourth-order valence-corrected chi connectivity index (χ4v) is 3.17. The Bertz CT molecular complexity index is 559. The summed E-state index contributed by atoms with van der Waals surface area (Å²) in [4.78, 5) is 49.0. The first-order chi connectivity index (χ1) is 12.7. The summed E-state index contributed by atoms with van der Waals surface area (Å²) in [6.07, 6.45) is 2.08. The Morgan fingerprint density at radius 1 is 1.30 bits per heavy atom. The average Bonchev–Trinajstić information content (AvgIpc) is 3.11. The molecule has 154 valence electrons. The van der Waals surface area contributed by atoms with Gasteiger partial charge in [-0.1, -0.05) is 0 Å². The lowest BCUT2D eigenvalue weighted by Gasteiger charge is -2.24. The minimum Gasteiger partial charge on any atom is -0.480 e. The first kappa shape index (κ1) is 23.2. The second-order valence-corrected chi connectivity index (χ2v) is 7.40. The second-order valence-electron chi connectivity index (χ2n) is 6.41. The van der Waals surface area contributed by atoms with Crippen molar-refractivity contribution in [3.8, 4) is 0 Å². The molecule has 10 nitrogen and oxygen atoms in total. The lowest BCUT2D eigenvalue weighted by Crippen LogP contribution is -2.55. The minimum atomic E-state index is -1.17. The van der Waals surface area contributed by atoms with Crippen molar-refractivity contribution < 1.29 is 29.4 Å². The number of hydrogen-bond donors (Lipinski definition) is 5. The van der Waals surface area contributed by atoms with Crippen molar-refractivity contribution in [2.45, 2.75) is 50.4 Å². The molecule has 4 atom stereocenters. The monoisotopic (exact) mass is 404 g/mol. The van der Waals surface area contributed by atoms with E-state index in [0.29, 0.717) is 31.6 Å². The summed E-state index contributed by atoms with van der Waals surface area (Å²) in [6, 6.07) is -2.95. The highest BCUT2D eigenvalue weighted by atomic mass is 32.2. The Morgan fingerprint density at radius 3 is 2.52 bits per heavy atom. The molecule has 11 heteroatoms. The molecular weight excluding hydrogens is 376 g/mol. The molecule has 1 rings (SSSR count). The van der Waals surface area contributed by atoms with Gasteiger partial charge >= 0.3 is 5.97 Å². The molecule has 1 fully saturated rings. The number of nitrogens with two attached hydrogens (primary N) is 1. The third-order valence-electron chi connectivity index (χ3n) is 4.34. The molecule has 0 aliphatic carbocycles. The second kappa shape index (κ2) is 11.1. The zero-order valence-corrected chi connectivity index (χ0v) is 16.3. The zero-order chi connectivity index (χ0) is 20.6. The van der Waals surface area contributed by atoms with E-state index in [1.807, 2.05) is 6.26 Å². The molecule has 0 saturated carbocycles. The van der Waals surface area contributed by atoms with Crippen LogP contribution in [0.25, 0.3) is 0 Å². The van der Waals surface area contributed by atoms with Gasteiger partial charge in [0.2, 0.25) is 17.7 Å². The maximum atomic E-state index is 12.4. The summed E-state index contributed by atoms with van der Waals surface area (Å²) >= 11 is 1.49. The van der Waals surface area contributed by atoms with Gasteiger partial charge in [0.15, 0.2) is 0 Å². The molecule has 3 amide bonds. The standard InChI is InChI=1S/C16H28N4O6S/c1-9(21)13(17)15(24)19-10(5-7-27-2)14(23)18-8-12(22)20-6-3-4-11(20)16(25)26/h9-11,13,21H,3-8,17H2,1-2H3,(H,18,23)(H,19,24)(H,25,26). The smallest absolute Gasteiger partial charge is 0.326 e. The summed E-state index contributed by atoms with van der Waals surface area (Å²) in [5, 5.41) is 23.5. The van der Waals surface area contributed by atoms with Crippen molar-refractivity contribution in [2.75, 3.05) is 25.1 Å². The topological polar surface area (TPSA) is 162 Å². The van der Waals surface area contributed by atoms with Gasteiger partial charge in [0, 0.05) is 6.54 Å². The number of thioether (sulfide) groups is 1. The molecule has 0 spiro atoms. The average molecular weight is 404 g/mol. The highest BCUT2D eigenvalue weighted by Crippen LogP contribution is 2.17. The van der Waals surface area contributed by atoms with E-state index in [4.69, 9.17) is 10.8 Å². The molecule has 27 heavy (non-hydrogen) atoms. The van der Waals surface area contributed by atoms with E-state index in [1.54, 1.807) is 0 Å². The van der Waals surface area contributed by atoms with E-state index in [-0.39, 0.29) is 6.54 Å². The van der Waals surface area contributed by atoms with Crippen LogP contribution in [0.15, 0.2) is 0 Å². The number of carbonyl (C=O) groups is 4. The van der Waals surface area contributed by atoms with Gasteiger partial charge in [-0.15, -0.1) is 0 Å². The summed E-state index contributed by atoms with van der Waals surface area (Å²) in [5.74, 6) is -2.19. The summed E-state index contributed by atoms with van der Waals surface area (Å²) < 4.78 is 0. The van der Waals surface area contributed by atoms with Crippen molar-refractivity contribution in [1.29, 1.82) is 0 Å². The van der Waals surface area contributed by atoms with E-state index in [2.05, 4.69) is 10.6 Å². The van der Waals surface area contributed by atoms with Crippen LogP contribution in [-0.4, -0.2) is 88.1 Å². The molecule has 0 bridgehead atoms. The van der Waals surface area contributed by atoms with E-state index < -0.39 is 47.9 Å². The van der Waals surface area contributed by atoms with Crippen molar-refractivity contribution in [3.05, 3.63) is 0 Å². The first-order valence-electron chi connectivity index (χ1n) is 8.72. The van der Waals surface area contributed by atoms with Crippen molar-refractivity contribution in [2.24, 2.45) is 5.73 Å². The number of aliphatic hydroxyl groups excluding tert-OH is 1. The maximum absolute atomic E-state index is 12.4. The van der Waals surface area contributed by atoms with Crippen LogP contribution >= 0.6 is 11.8 Å². The van der Waals surface area contributed by atoms with E-state index in [0.717, 1.165) is 0 Å².